The van der Waals surface area contributed by atoms with Crippen LogP contribution in [-0.4, -0.2) is 32.8 Å². The number of furan rings is 1. The smallest absolute Gasteiger partial charge is 0.142 e. The van der Waals surface area contributed by atoms with Crippen molar-refractivity contribution in [1.29, 1.82) is 0 Å². The van der Waals surface area contributed by atoms with E-state index in [1.165, 1.54) is 37.8 Å². The number of aromatic nitrogens is 4. The Balaban J connectivity index is 0.000000255. The molecule has 0 saturated carbocycles. The van der Waals surface area contributed by atoms with Gasteiger partial charge in [-0.2, -0.15) is 0 Å². The third kappa shape index (κ3) is 8.70. The van der Waals surface area contributed by atoms with Gasteiger partial charge in [0.05, 0.1) is 28.1 Å². The van der Waals surface area contributed by atoms with Crippen LogP contribution in [0.1, 0.15) is 67.5 Å². The molecule has 305 valence electrons. The number of aryl methyl sites for hydroxylation is 2. The fraction of sp³-hybridized carbons (Fsp3) is 0.226. The van der Waals surface area contributed by atoms with Crippen LogP contribution in [0.5, 0.6) is 0 Å². The van der Waals surface area contributed by atoms with Crippen molar-refractivity contribution in [2.75, 3.05) is 0 Å². The molecule has 9 aromatic rings. The normalized spacial score (nSPS) is 11.7. The minimum atomic E-state index is -1.73. The monoisotopic (exact) mass is 1030 g/mol. The van der Waals surface area contributed by atoms with Crippen molar-refractivity contribution in [2.24, 2.45) is 0 Å². The summed E-state index contributed by atoms with van der Waals surface area (Å²) in [6, 6.07) is 47.3. The molecule has 60 heavy (non-hydrogen) atoms. The molecule has 0 amide bonds. The summed E-state index contributed by atoms with van der Waals surface area (Å²) in [6.07, 6.45) is 3.89. The zero-order valence-corrected chi connectivity index (χ0v) is 40.5. The molecule has 5 nitrogen and oxygen atoms in total. The maximum Gasteiger partial charge on any atom is 0.142 e. The van der Waals surface area contributed by atoms with Crippen LogP contribution < -0.4 is 4.40 Å². The maximum absolute atomic E-state index is 6.51. The average Bonchev–Trinajstić information content (AvgIpc) is 3.81. The number of nitrogens with zero attached hydrogens (tertiary/aromatic N) is 4. The van der Waals surface area contributed by atoms with E-state index in [0.29, 0.717) is 18.4 Å². The van der Waals surface area contributed by atoms with Gasteiger partial charge in [0.15, 0.2) is 0 Å². The van der Waals surface area contributed by atoms with Gasteiger partial charge in [-0.05, 0) is 64.8 Å². The van der Waals surface area contributed by atoms with Crippen molar-refractivity contribution >= 4 is 50.6 Å². The molecule has 4 aromatic heterocycles. The van der Waals surface area contributed by atoms with Gasteiger partial charge < -0.3 is 8.98 Å². The molecule has 0 aliphatic rings. The molecular weight excluding hydrogens is 973 g/mol. The fourth-order valence-corrected chi connectivity index (χ4v) is 10.1. The largest absolute Gasteiger partial charge is 0.499 e. The van der Waals surface area contributed by atoms with Gasteiger partial charge in [0.1, 0.15) is 5.58 Å². The Morgan fingerprint density at radius 1 is 0.717 bits per heavy atom. The molecule has 0 aliphatic carbocycles. The van der Waals surface area contributed by atoms with Crippen molar-refractivity contribution < 1.29 is 24.5 Å². The standard InChI is InChI=1S/C38H34N3O.C15H18GeN.Ir/c1-23(2)31-20-27(26-12-7-6-8-13-26)21-32(24(3)4)33(31)22-41-35-17-10-9-16-34(35)40-38(41)30-15-11-14-28-29-18-19-39-25(5)36(29)42-37(28)30;1-12-5-7-13(8-6-12)15-10-9-14(11-17-15)16(2,3)4;/h6-14,16-21,23-24H,22H2,1-5H3;5-7,9-11H,1-4H3;/q2*-1;. The number of rotatable bonds is 8. The van der Waals surface area contributed by atoms with Crippen LogP contribution in [0.4, 0.5) is 0 Å². The van der Waals surface area contributed by atoms with Gasteiger partial charge >= 0.3 is 106 Å². The Kier molecular flexibility index (Phi) is 12.8. The van der Waals surface area contributed by atoms with Crippen LogP contribution in [-0.2, 0) is 26.7 Å². The first-order chi connectivity index (χ1) is 28.4. The van der Waals surface area contributed by atoms with Crippen molar-refractivity contribution in [2.45, 2.75) is 77.2 Å². The molecular formula is C53H52GeIrN4O-2. The Hall–Kier alpha value is -5.14. The van der Waals surface area contributed by atoms with Crippen LogP contribution in [0.15, 0.2) is 132 Å². The van der Waals surface area contributed by atoms with Gasteiger partial charge in [0.25, 0.3) is 0 Å². The topological polar surface area (TPSA) is 56.7 Å². The van der Waals surface area contributed by atoms with Crippen LogP contribution >= 0.6 is 0 Å². The van der Waals surface area contributed by atoms with E-state index in [9.17, 15) is 0 Å². The number of pyridine rings is 2. The SMILES string of the molecule is Cc1c[c-]c(-c2cc[c]([Ge]([CH3])([CH3])[CH3])cn2)cc1.Cc1nccc2c1oc1c(-c3nc4ccccc4n3Cc3c(C(C)C)cc(-c4ccccc4)cc3C(C)C)[c-]ccc12.[Ir]. The van der Waals surface area contributed by atoms with Crippen LogP contribution in [0.3, 0.4) is 0 Å². The minimum absolute atomic E-state index is 0. The summed E-state index contributed by atoms with van der Waals surface area (Å²) in [5.41, 5.74) is 15.4. The first-order valence-corrected chi connectivity index (χ1v) is 28.0. The molecule has 4 heterocycles. The van der Waals surface area contributed by atoms with Crippen molar-refractivity contribution in [3.8, 4) is 33.8 Å². The summed E-state index contributed by atoms with van der Waals surface area (Å²) in [7, 11) is 0. The molecule has 0 unspecified atom stereocenters. The Morgan fingerprint density at radius 2 is 1.42 bits per heavy atom. The second-order valence-corrected chi connectivity index (χ2v) is 27.9. The molecule has 7 heteroatoms. The summed E-state index contributed by atoms with van der Waals surface area (Å²) >= 11 is -1.73. The molecule has 0 aliphatic heterocycles. The fourth-order valence-electron chi connectivity index (χ4n) is 7.94. The predicted octanol–water partition coefficient (Wildman–Crippen LogP) is 13.5. The number of hydrogen-bond donors (Lipinski definition) is 0. The number of fused-ring (bicyclic) bond motifs is 4. The zero-order valence-electron chi connectivity index (χ0n) is 36.0. The van der Waals surface area contributed by atoms with Crippen LogP contribution in [0.25, 0.3) is 66.7 Å². The third-order valence-electron chi connectivity index (χ3n) is 11.3. The number of benzene rings is 5. The molecule has 0 N–H and O–H groups in total. The maximum atomic E-state index is 6.51. The van der Waals surface area contributed by atoms with E-state index in [1.807, 2.05) is 37.5 Å². The Bertz CT molecular complexity index is 2880. The molecule has 0 bridgehead atoms. The molecule has 0 fully saturated rings. The summed E-state index contributed by atoms with van der Waals surface area (Å²) in [6.45, 7) is 14.0. The summed E-state index contributed by atoms with van der Waals surface area (Å²) in [4.78, 5) is 14.2. The first kappa shape index (κ1) is 43.0. The van der Waals surface area contributed by atoms with E-state index in [0.717, 1.165) is 61.3 Å². The average molecular weight is 1030 g/mol. The van der Waals surface area contributed by atoms with Crippen molar-refractivity contribution in [1.82, 2.24) is 19.5 Å². The van der Waals surface area contributed by atoms with E-state index in [-0.39, 0.29) is 20.1 Å². The minimum Gasteiger partial charge on any atom is -0.499 e. The summed E-state index contributed by atoms with van der Waals surface area (Å²) < 4.78 is 10.3. The van der Waals surface area contributed by atoms with Crippen molar-refractivity contribution in [3.63, 3.8) is 0 Å². The zero-order chi connectivity index (χ0) is 41.4. The number of imidazole rings is 1. The predicted molar refractivity (Wildman–Crippen MR) is 249 cm³/mol. The van der Waals surface area contributed by atoms with Gasteiger partial charge in [-0.25, -0.2) is 0 Å². The molecule has 9 rings (SSSR count). The van der Waals surface area contributed by atoms with Gasteiger partial charge in [-0.15, -0.1) is 18.2 Å². The van der Waals surface area contributed by atoms with Gasteiger partial charge in [-0.3, -0.25) is 9.97 Å². The van der Waals surface area contributed by atoms with E-state index in [2.05, 4.69) is 176 Å². The van der Waals surface area contributed by atoms with E-state index < -0.39 is 13.3 Å². The van der Waals surface area contributed by atoms with Gasteiger partial charge in [-0.1, -0.05) is 93.2 Å². The van der Waals surface area contributed by atoms with Crippen molar-refractivity contribution in [3.05, 3.63) is 168 Å². The second-order valence-electron chi connectivity index (χ2n) is 17.3. The summed E-state index contributed by atoms with van der Waals surface area (Å²) in [5, 5.41) is 2.12. The van der Waals surface area contributed by atoms with E-state index in [4.69, 9.17) is 9.40 Å². The molecule has 1 radical (unpaired) electrons. The van der Waals surface area contributed by atoms with Crippen LogP contribution in [0.2, 0.25) is 17.3 Å². The summed E-state index contributed by atoms with van der Waals surface area (Å²) in [5.74, 6) is 8.74. The molecule has 0 saturated heterocycles. The molecule has 0 atom stereocenters. The van der Waals surface area contributed by atoms with Crippen LogP contribution in [0, 0.1) is 26.0 Å². The Morgan fingerprint density at radius 3 is 2.07 bits per heavy atom. The molecule has 0 spiro atoms. The quantitative estimate of drug-likeness (QED) is 0.112. The second kappa shape index (κ2) is 17.8. The van der Waals surface area contributed by atoms with E-state index in [1.54, 1.807) is 0 Å². The third-order valence-corrected chi connectivity index (χ3v) is 15.5. The Labute approximate surface area is 371 Å². The number of para-hydroxylation sites is 2. The molecule has 5 aromatic carbocycles. The van der Waals surface area contributed by atoms with E-state index >= 15 is 0 Å². The number of hydrogen-bond acceptors (Lipinski definition) is 4. The van der Waals surface area contributed by atoms with Gasteiger partial charge in [0, 0.05) is 38.2 Å². The van der Waals surface area contributed by atoms with Gasteiger partial charge in [0.2, 0.25) is 0 Å². The first-order valence-electron chi connectivity index (χ1n) is 20.7.